The van der Waals surface area contributed by atoms with Crippen LogP contribution >= 0.6 is 0 Å². The molecule has 0 aliphatic carbocycles. The first-order chi connectivity index (χ1) is 6.52. The summed E-state index contributed by atoms with van der Waals surface area (Å²) in [4.78, 5) is 24.2. The minimum atomic E-state index is -0.499. The molecule has 80 valence electrons. The third kappa shape index (κ3) is 2.45. The average molecular weight is 199 g/mol. The molecule has 0 radical (unpaired) electrons. The molecule has 0 bridgehead atoms. The molecule has 1 aliphatic rings. The molecular formula is C9H17N3O2. The molecule has 1 atom stereocenters. The number of hydrogen-bond donors (Lipinski definition) is 2. The molecule has 1 saturated heterocycles. The number of amides is 2. The van der Waals surface area contributed by atoms with E-state index in [-0.39, 0.29) is 24.3 Å². The van der Waals surface area contributed by atoms with E-state index in [0.717, 1.165) is 0 Å². The first-order valence-electron chi connectivity index (χ1n) is 4.83. The highest BCUT2D eigenvalue weighted by molar-refractivity contribution is 5.88. The lowest BCUT2D eigenvalue weighted by Crippen LogP contribution is -2.55. The Kier molecular flexibility index (Phi) is 3.46. The maximum atomic E-state index is 11.7. The largest absolute Gasteiger partial charge is 0.353 e. The summed E-state index contributed by atoms with van der Waals surface area (Å²) in [5.41, 5.74) is 5.71. The SMILES string of the molecule is CC(C)C(N)C(=O)N1CCNC(=O)C1. The van der Waals surface area contributed by atoms with Crippen LogP contribution in [0.2, 0.25) is 0 Å². The summed E-state index contributed by atoms with van der Waals surface area (Å²) in [5, 5.41) is 2.66. The van der Waals surface area contributed by atoms with Crippen molar-refractivity contribution in [2.45, 2.75) is 19.9 Å². The van der Waals surface area contributed by atoms with Gasteiger partial charge in [0.25, 0.3) is 0 Å². The van der Waals surface area contributed by atoms with Crippen LogP contribution < -0.4 is 11.1 Å². The zero-order valence-corrected chi connectivity index (χ0v) is 8.62. The molecule has 3 N–H and O–H groups in total. The quantitative estimate of drug-likeness (QED) is 0.594. The summed E-state index contributed by atoms with van der Waals surface area (Å²) in [7, 11) is 0. The molecule has 0 saturated carbocycles. The average Bonchev–Trinajstić information content (AvgIpc) is 2.15. The lowest BCUT2D eigenvalue weighted by atomic mass is 10.0. The molecule has 1 heterocycles. The molecule has 0 aromatic heterocycles. The second-order valence-corrected chi connectivity index (χ2v) is 3.88. The molecule has 1 aliphatic heterocycles. The van der Waals surface area contributed by atoms with Crippen molar-refractivity contribution < 1.29 is 9.59 Å². The van der Waals surface area contributed by atoms with Crippen molar-refractivity contribution in [1.82, 2.24) is 10.2 Å². The molecule has 0 aromatic carbocycles. The highest BCUT2D eigenvalue weighted by atomic mass is 16.2. The fraction of sp³-hybridized carbons (Fsp3) is 0.778. The van der Waals surface area contributed by atoms with Gasteiger partial charge in [0, 0.05) is 13.1 Å². The normalized spacial score (nSPS) is 19.4. The van der Waals surface area contributed by atoms with Gasteiger partial charge in [-0.15, -0.1) is 0 Å². The Morgan fingerprint density at radius 3 is 2.71 bits per heavy atom. The predicted molar refractivity (Wildman–Crippen MR) is 52.4 cm³/mol. The number of nitrogens with zero attached hydrogens (tertiary/aromatic N) is 1. The Bertz CT molecular complexity index is 240. The number of carbonyl (C=O) groups is 2. The van der Waals surface area contributed by atoms with Crippen LogP contribution in [-0.4, -0.2) is 42.4 Å². The van der Waals surface area contributed by atoms with Crippen LogP contribution in [-0.2, 0) is 9.59 Å². The molecule has 1 fully saturated rings. The summed E-state index contributed by atoms with van der Waals surface area (Å²) >= 11 is 0. The van der Waals surface area contributed by atoms with Gasteiger partial charge < -0.3 is 16.0 Å². The van der Waals surface area contributed by atoms with Gasteiger partial charge in [-0.3, -0.25) is 9.59 Å². The maximum absolute atomic E-state index is 11.7. The molecular weight excluding hydrogens is 182 g/mol. The maximum Gasteiger partial charge on any atom is 0.240 e. The molecule has 14 heavy (non-hydrogen) atoms. The minimum absolute atomic E-state index is 0.104. The second-order valence-electron chi connectivity index (χ2n) is 3.88. The number of hydrogen-bond acceptors (Lipinski definition) is 3. The fourth-order valence-electron chi connectivity index (χ4n) is 1.32. The third-order valence-electron chi connectivity index (χ3n) is 2.35. The summed E-state index contributed by atoms with van der Waals surface area (Å²) in [6.07, 6.45) is 0. The molecule has 1 unspecified atom stereocenters. The van der Waals surface area contributed by atoms with E-state index < -0.39 is 6.04 Å². The monoisotopic (exact) mass is 199 g/mol. The van der Waals surface area contributed by atoms with E-state index in [1.807, 2.05) is 13.8 Å². The van der Waals surface area contributed by atoms with E-state index in [0.29, 0.717) is 13.1 Å². The van der Waals surface area contributed by atoms with Gasteiger partial charge in [0.05, 0.1) is 12.6 Å². The topological polar surface area (TPSA) is 75.4 Å². The van der Waals surface area contributed by atoms with Crippen LogP contribution in [0.5, 0.6) is 0 Å². The number of carbonyl (C=O) groups excluding carboxylic acids is 2. The van der Waals surface area contributed by atoms with Crippen molar-refractivity contribution in [2.75, 3.05) is 19.6 Å². The summed E-state index contributed by atoms with van der Waals surface area (Å²) in [5.74, 6) is -0.136. The van der Waals surface area contributed by atoms with Crippen LogP contribution in [0.25, 0.3) is 0 Å². The number of piperazine rings is 1. The van der Waals surface area contributed by atoms with Crippen molar-refractivity contribution >= 4 is 11.8 Å². The zero-order chi connectivity index (χ0) is 10.7. The first kappa shape index (κ1) is 11.0. The summed E-state index contributed by atoms with van der Waals surface area (Å²) in [6.45, 7) is 5.01. The Hall–Kier alpha value is -1.10. The van der Waals surface area contributed by atoms with Gasteiger partial charge in [0.2, 0.25) is 11.8 Å². The Balaban J connectivity index is 2.55. The molecule has 0 aromatic rings. The van der Waals surface area contributed by atoms with E-state index in [1.165, 1.54) is 4.90 Å². The second kappa shape index (κ2) is 4.41. The van der Waals surface area contributed by atoms with E-state index in [9.17, 15) is 9.59 Å². The van der Waals surface area contributed by atoms with Gasteiger partial charge in [0.15, 0.2) is 0 Å². The van der Waals surface area contributed by atoms with Crippen LogP contribution in [0.15, 0.2) is 0 Å². The van der Waals surface area contributed by atoms with Gasteiger partial charge in [-0.2, -0.15) is 0 Å². The standard InChI is InChI=1S/C9H17N3O2/c1-6(2)8(10)9(14)12-4-3-11-7(13)5-12/h6,8H,3-5,10H2,1-2H3,(H,11,13). The Morgan fingerprint density at radius 1 is 1.57 bits per heavy atom. The predicted octanol–water partition coefficient (Wildman–Crippen LogP) is -1.07. The number of rotatable bonds is 2. The van der Waals surface area contributed by atoms with E-state index in [4.69, 9.17) is 5.73 Å². The van der Waals surface area contributed by atoms with Crippen molar-refractivity contribution in [3.63, 3.8) is 0 Å². The van der Waals surface area contributed by atoms with Crippen molar-refractivity contribution in [3.05, 3.63) is 0 Å². The highest BCUT2D eigenvalue weighted by Gasteiger charge is 2.26. The van der Waals surface area contributed by atoms with Gasteiger partial charge in [0.1, 0.15) is 0 Å². The van der Waals surface area contributed by atoms with Crippen LogP contribution in [0.4, 0.5) is 0 Å². The van der Waals surface area contributed by atoms with Gasteiger partial charge in [-0.25, -0.2) is 0 Å². The Labute approximate surface area is 83.6 Å². The van der Waals surface area contributed by atoms with Crippen LogP contribution in [0.3, 0.4) is 0 Å². The third-order valence-corrected chi connectivity index (χ3v) is 2.35. The zero-order valence-electron chi connectivity index (χ0n) is 8.62. The first-order valence-corrected chi connectivity index (χ1v) is 4.83. The van der Waals surface area contributed by atoms with Crippen LogP contribution in [0, 0.1) is 5.92 Å². The fourth-order valence-corrected chi connectivity index (χ4v) is 1.32. The Morgan fingerprint density at radius 2 is 2.21 bits per heavy atom. The van der Waals surface area contributed by atoms with E-state index >= 15 is 0 Å². The molecule has 0 spiro atoms. The molecule has 5 nitrogen and oxygen atoms in total. The van der Waals surface area contributed by atoms with Gasteiger partial charge >= 0.3 is 0 Å². The smallest absolute Gasteiger partial charge is 0.240 e. The van der Waals surface area contributed by atoms with E-state index in [1.54, 1.807) is 0 Å². The summed E-state index contributed by atoms with van der Waals surface area (Å²) in [6, 6.07) is -0.499. The van der Waals surface area contributed by atoms with Crippen molar-refractivity contribution in [3.8, 4) is 0 Å². The van der Waals surface area contributed by atoms with Gasteiger partial charge in [-0.05, 0) is 5.92 Å². The molecule has 1 rings (SSSR count). The summed E-state index contributed by atoms with van der Waals surface area (Å²) < 4.78 is 0. The van der Waals surface area contributed by atoms with Crippen molar-refractivity contribution in [2.24, 2.45) is 11.7 Å². The van der Waals surface area contributed by atoms with Crippen molar-refractivity contribution in [1.29, 1.82) is 0 Å². The number of nitrogens with one attached hydrogen (secondary N) is 1. The van der Waals surface area contributed by atoms with Gasteiger partial charge in [-0.1, -0.05) is 13.8 Å². The minimum Gasteiger partial charge on any atom is -0.353 e. The van der Waals surface area contributed by atoms with Crippen LogP contribution in [0.1, 0.15) is 13.8 Å². The number of nitrogens with two attached hydrogens (primary N) is 1. The lowest BCUT2D eigenvalue weighted by molar-refractivity contribution is -0.139. The highest BCUT2D eigenvalue weighted by Crippen LogP contribution is 2.04. The molecule has 2 amide bonds. The lowest BCUT2D eigenvalue weighted by Gasteiger charge is -2.30. The van der Waals surface area contributed by atoms with E-state index in [2.05, 4.69) is 5.32 Å². The molecule has 5 heteroatoms.